The molecule has 0 radical (unpaired) electrons. The Morgan fingerprint density at radius 1 is 1.19 bits per heavy atom. The van der Waals surface area contributed by atoms with Gasteiger partial charge in [0.05, 0.1) is 18.9 Å². The molecule has 0 aliphatic heterocycles. The van der Waals surface area contributed by atoms with Gasteiger partial charge >= 0.3 is 0 Å². The van der Waals surface area contributed by atoms with E-state index in [1.54, 1.807) is 24.5 Å². The van der Waals surface area contributed by atoms with Crippen molar-refractivity contribution in [3.05, 3.63) is 48.4 Å². The second kappa shape index (κ2) is 7.38. The van der Waals surface area contributed by atoms with Gasteiger partial charge in [-0.05, 0) is 50.2 Å². The first-order chi connectivity index (χ1) is 10.2. The van der Waals surface area contributed by atoms with E-state index in [0.29, 0.717) is 18.1 Å². The average Bonchev–Trinajstić information content (AvgIpc) is 3.01. The lowest BCUT2D eigenvalue weighted by Gasteiger charge is -2.12. The van der Waals surface area contributed by atoms with E-state index in [-0.39, 0.29) is 18.6 Å². The normalized spacial score (nSPS) is 11.7. The summed E-state index contributed by atoms with van der Waals surface area (Å²) in [4.78, 5) is 11.8. The number of hydrogen-bond acceptors (Lipinski definition) is 4. The van der Waals surface area contributed by atoms with E-state index in [4.69, 9.17) is 13.9 Å². The summed E-state index contributed by atoms with van der Waals surface area (Å²) in [6, 6.07) is 10.6. The van der Waals surface area contributed by atoms with Gasteiger partial charge < -0.3 is 19.2 Å². The van der Waals surface area contributed by atoms with Gasteiger partial charge in [0.15, 0.2) is 6.61 Å². The molecule has 0 saturated carbocycles. The number of carbonyl (C=O) groups excluding carboxylic acids is 1. The monoisotopic (exact) mass is 289 g/mol. The van der Waals surface area contributed by atoms with E-state index >= 15 is 0 Å². The first-order valence-electron chi connectivity index (χ1n) is 6.87. The zero-order valence-corrected chi connectivity index (χ0v) is 12.2. The number of furan rings is 1. The number of rotatable bonds is 7. The minimum absolute atomic E-state index is 0.0426. The summed E-state index contributed by atoms with van der Waals surface area (Å²) >= 11 is 0. The number of amides is 1. The molecular weight excluding hydrogens is 270 g/mol. The third-order valence-corrected chi connectivity index (χ3v) is 2.85. The summed E-state index contributed by atoms with van der Waals surface area (Å²) < 4.78 is 16.0. The molecule has 1 unspecified atom stereocenters. The van der Waals surface area contributed by atoms with E-state index in [9.17, 15) is 4.79 Å². The van der Waals surface area contributed by atoms with Crippen LogP contribution in [0.15, 0.2) is 47.1 Å². The minimum Gasteiger partial charge on any atom is -0.494 e. The first kappa shape index (κ1) is 15.0. The smallest absolute Gasteiger partial charge is 0.258 e. The van der Waals surface area contributed by atoms with Gasteiger partial charge in [-0.25, -0.2) is 0 Å². The molecule has 112 valence electrons. The fourth-order valence-electron chi connectivity index (χ4n) is 1.84. The molecule has 5 heteroatoms. The predicted molar refractivity (Wildman–Crippen MR) is 78.4 cm³/mol. The van der Waals surface area contributed by atoms with Crippen LogP contribution in [0.1, 0.15) is 25.6 Å². The molecule has 0 spiro atoms. The predicted octanol–water partition coefficient (Wildman–Crippen LogP) is 2.93. The lowest BCUT2D eigenvalue weighted by Crippen LogP contribution is -2.31. The Kier molecular flexibility index (Phi) is 5.26. The highest BCUT2D eigenvalue weighted by atomic mass is 16.5. The Hall–Kier alpha value is -2.43. The van der Waals surface area contributed by atoms with Crippen LogP contribution >= 0.6 is 0 Å². The molecule has 1 atom stereocenters. The molecule has 2 aromatic rings. The number of carbonyl (C=O) groups is 1. The van der Waals surface area contributed by atoms with E-state index in [1.807, 2.05) is 32.0 Å². The molecule has 5 nitrogen and oxygen atoms in total. The first-order valence-corrected chi connectivity index (χ1v) is 6.87. The van der Waals surface area contributed by atoms with Crippen LogP contribution in [0, 0.1) is 0 Å². The summed E-state index contributed by atoms with van der Waals surface area (Å²) in [5, 5.41) is 2.80. The van der Waals surface area contributed by atoms with Crippen LogP contribution in [0.5, 0.6) is 11.5 Å². The van der Waals surface area contributed by atoms with Crippen LogP contribution in [0.25, 0.3) is 0 Å². The van der Waals surface area contributed by atoms with Crippen LogP contribution < -0.4 is 14.8 Å². The lowest BCUT2D eigenvalue weighted by molar-refractivity contribution is -0.123. The highest BCUT2D eigenvalue weighted by Crippen LogP contribution is 2.17. The van der Waals surface area contributed by atoms with Crippen molar-refractivity contribution >= 4 is 5.91 Å². The maximum Gasteiger partial charge on any atom is 0.258 e. The quantitative estimate of drug-likeness (QED) is 0.851. The molecule has 0 bridgehead atoms. The molecule has 1 heterocycles. The van der Waals surface area contributed by atoms with Gasteiger partial charge in [0.1, 0.15) is 17.3 Å². The molecule has 0 saturated heterocycles. The van der Waals surface area contributed by atoms with Crippen LogP contribution in [-0.2, 0) is 4.79 Å². The third kappa shape index (κ3) is 4.56. The fourth-order valence-corrected chi connectivity index (χ4v) is 1.84. The van der Waals surface area contributed by atoms with Crippen LogP contribution in [0.3, 0.4) is 0 Å². The van der Waals surface area contributed by atoms with E-state index < -0.39 is 0 Å². The van der Waals surface area contributed by atoms with Gasteiger partial charge in [0.25, 0.3) is 5.91 Å². The molecule has 1 amide bonds. The van der Waals surface area contributed by atoms with Gasteiger partial charge in [0, 0.05) is 0 Å². The molecular formula is C16H19NO4. The number of nitrogens with one attached hydrogen (secondary N) is 1. The molecule has 0 aliphatic carbocycles. The third-order valence-electron chi connectivity index (χ3n) is 2.85. The number of hydrogen-bond donors (Lipinski definition) is 1. The zero-order valence-electron chi connectivity index (χ0n) is 12.2. The van der Waals surface area contributed by atoms with Gasteiger partial charge in [-0.1, -0.05) is 0 Å². The summed E-state index contributed by atoms with van der Waals surface area (Å²) in [5.74, 6) is 1.91. The molecule has 1 aromatic carbocycles. The number of benzene rings is 1. The van der Waals surface area contributed by atoms with Crippen molar-refractivity contribution in [2.24, 2.45) is 0 Å². The standard InChI is InChI=1S/C16H19NO4/c1-3-19-13-6-8-14(9-7-13)21-11-16(18)17-12(2)15-5-4-10-20-15/h4-10,12H,3,11H2,1-2H3,(H,17,18). The van der Waals surface area contributed by atoms with Crippen molar-refractivity contribution in [2.75, 3.05) is 13.2 Å². The molecule has 0 fully saturated rings. The summed E-state index contributed by atoms with van der Waals surface area (Å²) in [5.41, 5.74) is 0. The van der Waals surface area contributed by atoms with E-state index in [1.165, 1.54) is 0 Å². The SMILES string of the molecule is CCOc1ccc(OCC(=O)NC(C)c2ccco2)cc1. The van der Waals surface area contributed by atoms with Crippen LogP contribution in [0.4, 0.5) is 0 Å². The minimum atomic E-state index is -0.201. The Morgan fingerprint density at radius 3 is 2.43 bits per heavy atom. The number of ether oxygens (including phenoxy) is 2. The van der Waals surface area contributed by atoms with Gasteiger partial charge in [-0.2, -0.15) is 0 Å². The summed E-state index contributed by atoms with van der Waals surface area (Å²) in [6.07, 6.45) is 1.58. The second-order valence-corrected chi connectivity index (χ2v) is 4.50. The van der Waals surface area contributed by atoms with Crippen molar-refractivity contribution in [3.63, 3.8) is 0 Å². The Balaban J connectivity index is 1.78. The second-order valence-electron chi connectivity index (χ2n) is 4.50. The van der Waals surface area contributed by atoms with Gasteiger partial charge in [0.2, 0.25) is 0 Å². The largest absolute Gasteiger partial charge is 0.494 e. The van der Waals surface area contributed by atoms with Crippen LogP contribution in [-0.4, -0.2) is 19.1 Å². The summed E-state index contributed by atoms with van der Waals surface area (Å²) in [6.45, 7) is 4.36. The highest BCUT2D eigenvalue weighted by molar-refractivity contribution is 5.77. The maximum atomic E-state index is 11.8. The van der Waals surface area contributed by atoms with Gasteiger partial charge in [-0.3, -0.25) is 4.79 Å². The molecule has 2 rings (SSSR count). The fraction of sp³-hybridized carbons (Fsp3) is 0.312. The molecule has 1 aromatic heterocycles. The van der Waals surface area contributed by atoms with Crippen LogP contribution in [0.2, 0.25) is 0 Å². The van der Waals surface area contributed by atoms with Gasteiger partial charge in [-0.15, -0.1) is 0 Å². The molecule has 0 aliphatic rings. The maximum absolute atomic E-state index is 11.8. The Labute approximate surface area is 123 Å². The highest BCUT2D eigenvalue weighted by Gasteiger charge is 2.12. The van der Waals surface area contributed by atoms with Crippen molar-refractivity contribution < 1.29 is 18.7 Å². The average molecular weight is 289 g/mol. The Morgan fingerprint density at radius 2 is 1.86 bits per heavy atom. The van der Waals surface area contributed by atoms with E-state index in [0.717, 1.165) is 5.75 Å². The topological polar surface area (TPSA) is 60.7 Å². The summed E-state index contributed by atoms with van der Waals surface area (Å²) in [7, 11) is 0. The van der Waals surface area contributed by atoms with Crippen molar-refractivity contribution in [3.8, 4) is 11.5 Å². The van der Waals surface area contributed by atoms with Crippen molar-refractivity contribution in [2.45, 2.75) is 19.9 Å². The van der Waals surface area contributed by atoms with Crippen molar-refractivity contribution in [1.82, 2.24) is 5.32 Å². The molecule has 21 heavy (non-hydrogen) atoms. The van der Waals surface area contributed by atoms with E-state index in [2.05, 4.69) is 5.32 Å². The Bertz CT molecular complexity index is 548. The molecule has 1 N–H and O–H groups in total. The zero-order chi connectivity index (χ0) is 15.1. The van der Waals surface area contributed by atoms with Crippen molar-refractivity contribution in [1.29, 1.82) is 0 Å². The lowest BCUT2D eigenvalue weighted by atomic mass is 10.2.